The van der Waals surface area contributed by atoms with Gasteiger partial charge in [0.05, 0.1) is 12.0 Å². The summed E-state index contributed by atoms with van der Waals surface area (Å²) in [7, 11) is 0. The van der Waals surface area contributed by atoms with Crippen LogP contribution in [0.25, 0.3) is 0 Å². The van der Waals surface area contributed by atoms with Gasteiger partial charge >= 0.3 is 0 Å². The van der Waals surface area contributed by atoms with Crippen molar-refractivity contribution in [2.24, 2.45) is 5.92 Å². The van der Waals surface area contributed by atoms with Crippen LogP contribution in [0.2, 0.25) is 0 Å². The molecule has 2 aliphatic carbocycles. The number of imidazole rings is 1. The second-order valence-electron chi connectivity index (χ2n) is 5.31. The van der Waals surface area contributed by atoms with Crippen LogP contribution in [0.5, 0.6) is 0 Å². The highest BCUT2D eigenvalue weighted by atomic mass is 15.1. The van der Waals surface area contributed by atoms with Crippen LogP contribution >= 0.6 is 0 Å². The molecule has 1 aromatic heterocycles. The summed E-state index contributed by atoms with van der Waals surface area (Å²) in [5, 5.41) is 0. The summed E-state index contributed by atoms with van der Waals surface area (Å²) >= 11 is 0. The lowest BCUT2D eigenvalue weighted by atomic mass is 9.90. The van der Waals surface area contributed by atoms with Crippen molar-refractivity contribution in [3.8, 4) is 0 Å². The van der Waals surface area contributed by atoms with E-state index in [4.69, 9.17) is 0 Å². The monoisotopic (exact) mass is 204 g/mol. The molecule has 2 saturated carbocycles. The molecule has 0 amide bonds. The van der Waals surface area contributed by atoms with Gasteiger partial charge in [0.2, 0.25) is 0 Å². The van der Waals surface area contributed by atoms with Gasteiger partial charge in [-0.1, -0.05) is 19.8 Å². The summed E-state index contributed by atoms with van der Waals surface area (Å²) in [5.74, 6) is 1.57. The highest BCUT2D eigenvalue weighted by Gasteiger charge is 2.27. The molecule has 2 aliphatic rings. The summed E-state index contributed by atoms with van der Waals surface area (Å²) in [4.78, 5) is 4.58. The van der Waals surface area contributed by atoms with Crippen LogP contribution in [0.3, 0.4) is 0 Å². The van der Waals surface area contributed by atoms with Crippen molar-refractivity contribution in [2.45, 2.75) is 57.4 Å². The number of rotatable bonds is 3. The van der Waals surface area contributed by atoms with E-state index in [0.717, 1.165) is 12.0 Å². The first-order valence-corrected chi connectivity index (χ1v) is 6.38. The molecule has 0 spiro atoms. The summed E-state index contributed by atoms with van der Waals surface area (Å²) in [5.41, 5.74) is 1.33. The Hall–Kier alpha value is -0.790. The Morgan fingerprint density at radius 1 is 1.27 bits per heavy atom. The van der Waals surface area contributed by atoms with Crippen molar-refractivity contribution in [3.05, 3.63) is 18.2 Å². The van der Waals surface area contributed by atoms with Gasteiger partial charge in [0.1, 0.15) is 0 Å². The third kappa shape index (κ3) is 1.82. The van der Waals surface area contributed by atoms with Gasteiger partial charge in [0, 0.05) is 18.2 Å². The van der Waals surface area contributed by atoms with E-state index in [1.54, 1.807) is 0 Å². The molecule has 0 saturated heterocycles. The van der Waals surface area contributed by atoms with E-state index < -0.39 is 0 Å². The fraction of sp³-hybridized carbons (Fsp3) is 0.769. The van der Waals surface area contributed by atoms with Crippen LogP contribution < -0.4 is 0 Å². The third-order valence-corrected chi connectivity index (χ3v) is 4.16. The minimum Gasteiger partial charge on any atom is -0.334 e. The van der Waals surface area contributed by atoms with Crippen molar-refractivity contribution in [1.82, 2.24) is 9.55 Å². The molecule has 3 rings (SSSR count). The van der Waals surface area contributed by atoms with Crippen LogP contribution in [0.1, 0.15) is 63.1 Å². The normalized spacial score (nSPS) is 24.6. The number of hydrogen-bond donors (Lipinski definition) is 0. The van der Waals surface area contributed by atoms with Gasteiger partial charge in [-0.15, -0.1) is 0 Å². The van der Waals surface area contributed by atoms with Crippen molar-refractivity contribution >= 4 is 0 Å². The van der Waals surface area contributed by atoms with E-state index in [1.165, 1.54) is 44.2 Å². The molecule has 2 fully saturated rings. The van der Waals surface area contributed by atoms with E-state index >= 15 is 0 Å². The van der Waals surface area contributed by atoms with Crippen LogP contribution in [-0.2, 0) is 0 Å². The molecule has 0 N–H and O–H groups in total. The summed E-state index contributed by atoms with van der Waals surface area (Å²) in [6.07, 6.45) is 12.7. The molecular weight excluding hydrogens is 184 g/mol. The van der Waals surface area contributed by atoms with E-state index in [1.807, 2.05) is 6.33 Å². The fourth-order valence-corrected chi connectivity index (χ4v) is 2.86. The predicted molar refractivity (Wildman–Crippen MR) is 60.9 cm³/mol. The maximum atomic E-state index is 4.58. The van der Waals surface area contributed by atoms with E-state index in [-0.39, 0.29) is 0 Å². The van der Waals surface area contributed by atoms with Gasteiger partial charge < -0.3 is 4.57 Å². The Balaban J connectivity index is 1.72. The number of aromatic nitrogens is 2. The van der Waals surface area contributed by atoms with Crippen molar-refractivity contribution in [2.75, 3.05) is 0 Å². The molecule has 0 aliphatic heterocycles. The molecule has 2 nitrogen and oxygen atoms in total. The van der Waals surface area contributed by atoms with Gasteiger partial charge in [-0.05, 0) is 31.6 Å². The molecule has 0 bridgehead atoms. The zero-order valence-electron chi connectivity index (χ0n) is 9.52. The molecule has 1 unspecified atom stereocenters. The van der Waals surface area contributed by atoms with E-state index in [2.05, 4.69) is 22.7 Å². The van der Waals surface area contributed by atoms with E-state index in [9.17, 15) is 0 Å². The highest BCUT2D eigenvalue weighted by Crippen LogP contribution is 2.38. The quantitative estimate of drug-likeness (QED) is 0.736. The maximum Gasteiger partial charge on any atom is 0.0952 e. The first-order chi connectivity index (χ1) is 7.34. The van der Waals surface area contributed by atoms with Gasteiger partial charge in [0.25, 0.3) is 0 Å². The van der Waals surface area contributed by atoms with Gasteiger partial charge in [-0.2, -0.15) is 0 Å². The average molecular weight is 204 g/mol. The largest absolute Gasteiger partial charge is 0.334 e. The van der Waals surface area contributed by atoms with Gasteiger partial charge in [-0.25, -0.2) is 4.98 Å². The molecular formula is C13H20N2. The highest BCUT2D eigenvalue weighted by molar-refractivity contribution is 5.08. The molecule has 82 valence electrons. The van der Waals surface area contributed by atoms with Crippen LogP contribution in [0.4, 0.5) is 0 Å². The lowest BCUT2D eigenvalue weighted by Gasteiger charge is -2.16. The Kier molecular flexibility index (Phi) is 2.30. The van der Waals surface area contributed by atoms with Crippen molar-refractivity contribution < 1.29 is 0 Å². The van der Waals surface area contributed by atoms with Crippen LogP contribution in [-0.4, -0.2) is 9.55 Å². The predicted octanol–water partition coefficient (Wildman–Crippen LogP) is 3.51. The smallest absolute Gasteiger partial charge is 0.0952 e. The zero-order valence-corrected chi connectivity index (χ0v) is 9.52. The second-order valence-corrected chi connectivity index (χ2v) is 5.31. The Bertz CT molecular complexity index is 332. The summed E-state index contributed by atoms with van der Waals surface area (Å²) in [6.45, 7) is 2.36. The topological polar surface area (TPSA) is 17.8 Å². The van der Waals surface area contributed by atoms with Crippen molar-refractivity contribution in [1.29, 1.82) is 0 Å². The maximum absolute atomic E-state index is 4.58. The Morgan fingerprint density at radius 3 is 2.67 bits per heavy atom. The molecule has 2 heteroatoms. The third-order valence-electron chi connectivity index (χ3n) is 4.16. The second kappa shape index (κ2) is 3.66. The minimum absolute atomic E-state index is 0.674. The standard InChI is InChI=1S/C13H20N2/c1-10(11-4-2-3-5-11)13-8-15(9-14-13)12-6-7-12/h8-12H,2-7H2,1H3. The van der Waals surface area contributed by atoms with Crippen LogP contribution in [0, 0.1) is 5.92 Å². The van der Waals surface area contributed by atoms with E-state index in [0.29, 0.717) is 5.92 Å². The lowest BCUT2D eigenvalue weighted by molar-refractivity contribution is 0.453. The average Bonchev–Trinajstić information content (AvgIpc) is 2.83. The fourth-order valence-electron chi connectivity index (χ4n) is 2.86. The first kappa shape index (κ1) is 9.44. The molecule has 15 heavy (non-hydrogen) atoms. The van der Waals surface area contributed by atoms with Gasteiger partial charge in [0.15, 0.2) is 0 Å². The van der Waals surface area contributed by atoms with Crippen molar-refractivity contribution in [3.63, 3.8) is 0 Å². The minimum atomic E-state index is 0.674. The Morgan fingerprint density at radius 2 is 2.00 bits per heavy atom. The lowest BCUT2D eigenvalue weighted by Crippen LogP contribution is -2.06. The summed E-state index contributed by atoms with van der Waals surface area (Å²) < 4.78 is 2.32. The number of hydrogen-bond acceptors (Lipinski definition) is 1. The van der Waals surface area contributed by atoms with Crippen LogP contribution in [0.15, 0.2) is 12.5 Å². The molecule has 1 aromatic rings. The first-order valence-electron chi connectivity index (χ1n) is 6.38. The molecule has 0 radical (unpaired) electrons. The Labute approximate surface area is 91.7 Å². The molecule has 1 heterocycles. The zero-order chi connectivity index (χ0) is 10.3. The number of nitrogens with zero attached hydrogens (tertiary/aromatic N) is 2. The summed E-state index contributed by atoms with van der Waals surface area (Å²) in [6, 6.07) is 0.780. The molecule has 0 aromatic carbocycles. The van der Waals surface area contributed by atoms with Gasteiger partial charge in [-0.3, -0.25) is 0 Å². The molecule has 1 atom stereocenters. The SMILES string of the molecule is CC(c1cn(C2CC2)cn1)C1CCCC1.